The Morgan fingerprint density at radius 2 is 1.14 bits per heavy atom. The van der Waals surface area contributed by atoms with Crippen molar-refractivity contribution in [2.75, 3.05) is 4.90 Å². The molecular weight excluding hydrogens is 697 g/mol. The topological polar surface area (TPSA) is 15.3 Å². The molecule has 2 heterocycles. The first-order valence-corrected chi connectivity index (χ1v) is 19.9. The average molecular weight is 735 g/mol. The number of benzene rings is 8. The van der Waals surface area contributed by atoms with Gasteiger partial charge < -0.3 is 10.2 Å². The fraction of sp³-hybridized carbons (Fsp3) is 0.0189. The van der Waals surface area contributed by atoms with Crippen molar-refractivity contribution in [3.63, 3.8) is 0 Å². The smallest absolute Gasteiger partial charge is 0.0701 e. The molecule has 1 aliphatic rings. The Bertz CT molecular complexity index is 3000. The van der Waals surface area contributed by atoms with E-state index in [1.165, 1.54) is 69.5 Å². The number of rotatable bonds is 6. The molecule has 1 aromatic heterocycles. The number of hydrogen-bond acceptors (Lipinski definition) is 3. The Balaban J connectivity index is 1.05. The molecule has 0 aliphatic carbocycles. The van der Waals surface area contributed by atoms with Crippen molar-refractivity contribution in [2.45, 2.75) is 6.04 Å². The van der Waals surface area contributed by atoms with E-state index in [2.05, 4.69) is 223 Å². The third kappa shape index (κ3) is 6.49. The van der Waals surface area contributed by atoms with Gasteiger partial charge in [-0.25, -0.2) is 0 Å². The van der Waals surface area contributed by atoms with E-state index in [0.717, 1.165) is 17.1 Å². The molecular formula is C53H38N2S. The summed E-state index contributed by atoms with van der Waals surface area (Å²) in [6.07, 6.45) is 15.0. The summed E-state index contributed by atoms with van der Waals surface area (Å²) in [7, 11) is 0. The molecule has 10 rings (SSSR count). The number of allylic oxidation sites excluding steroid dienone is 6. The molecule has 266 valence electrons. The maximum Gasteiger partial charge on any atom is 0.0701 e. The van der Waals surface area contributed by atoms with Crippen LogP contribution in [0.4, 0.5) is 17.1 Å². The lowest BCUT2D eigenvalue weighted by atomic mass is 9.97. The Morgan fingerprint density at radius 1 is 0.464 bits per heavy atom. The predicted molar refractivity (Wildman–Crippen MR) is 242 cm³/mol. The highest BCUT2D eigenvalue weighted by atomic mass is 32.1. The van der Waals surface area contributed by atoms with E-state index < -0.39 is 0 Å². The monoisotopic (exact) mass is 734 g/mol. The second kappa shape index (κ2) is 14.7. The van der Waals surface area contributed by atoms with Crippen LogP contribution < -0.4 is 10.2 Å². The van der Waals surface area contributed by atoms with E-state index in [4.69, 9.17) is 0 Å². The molecule has 3 heteroatoms. The predicted octanol–water partition coefficient (Wildman–Crippen LogP) is 14.9. The van der Waals surface area contributed by atoms with Gasteiger partial charge in [-0.1, -0.05) is 158 Å². The van der Waals surface area contributed by atoms with Crippen LogP contribution in [-0.4, -0.2) is 0 Å². The third-order valence-electron chi connectivity index (χ3n) is 10.7. The summed E-state index contributed by atoms with van der Waals surface area (Å²) in [4.78, 5) is 2.39. The summed E-state index contributed by atoms with van der Waals surface area (Å²) in [5.41, 5.74) is 9.26. The average Bonchev–Trinajstić information content (AvgIpc) is 3.62. The van der Waals surface area contributed by atoms with Gasteiger partial charge in [0, 0.05) is 37.1 Å². The van der Waals surface area contributed by atoms with Crippen molar-refractivity contribution >= 4 is 75.7 Å². The van der Waals surface area contributed by atoms with Crippen LogP contribution >= 0.6 is 11.3 Å². The van der Waals surface area contributed by atoms with Crippen LogP contribution in [0.15, 0.2) is 219 Å². The molecule has 56 heavy (non-hydrogen) atoms. The maximum atomic E-state index is 3.69. The van der Waals surface area contributed by atoms with Gasteiger partial charge in [-0.3, -0.25) is 0 Å². The van der Waals surface area contributed by atoms with Crippen molar-refractivity contribution in [1.29, 1.82) is 0 Å². The van der Waals surface area contributed by atoms with Crippen molar-refractivity contribution in [3.8, 4) is 11.1 Å². The molecule has 2 nitrogen and oxygen atoms in total. The SMILES string of the molecule is C1=C(c2ccc3c(c2)sc2cc4ccccc4cc23)/C=C/C=C\C=C\NC1c1ccc(N(c2ccc3ccccc3c2)c2ccccc2-c2ccccc2)cc1. The van der Waals surface area contributed by atoms with Crippen molar-refractivity contribution in [1.82, 2.24) is 5.32 Å². The summed E-state index contributed by atoms with van der Waals surface area (Å²) in [6.45, 7) is 0. The normalized spacial score (nSPS) is 16.0. The summed E-state index contributed by atoms with van der Waals surface area (Å²) in [6, 6.07) is 63.9. The van der Waals surface area contributed by atoms with Gasteiger partial charge in [0.2, 0.25) is 0 Å². The van der Waals surface area contributed by atoms with Gasteiger partial charge in [0.05, 0.1) is 11.7 Å². The Kier molecular flexibility index (Phi) is 8.83. The van der Waals surface area contributed by atoms with Gasteiger partial charge in [-0.15, -0.1) is 11.3 Å². The lowest BCUT2D eigenvalue weighted by molar-refractivity contribution is 0.757. The highest BCUT2D eigenvalue weighted by molar-refractivity contribution is 7.25. The third-order valence-corrected chi connectivity index (χ3v) is 11.8. The molecule has 0 radical (unpaired) electrons. The number of para-hydroxylation sites is 1. The van der Waals surface area contributed by atoms with Gasteiger partial charge in [-0.2, -0.15) is 0 Å². The summed E-state index contributed by atoms with van der Waals surface area (Å²) < 4.78 is 2.62. The van der Waals surface area contributed by atoms with Crippen LogP contribution in [0.1, 0.15) is 17.2 Å². The Morgan fingerprint density at radius 3 is 1.98 bits per heavy atom. The van der Waals surface area contributed by atoms with Crippen LogP contribution in [0.25, 0.3) is 58.4 Å². The van der Waals surface area contributed by atoms with Crippen LogP contribution in [0.5, 0.6) is 0 Å². The van der Waals surface area contributed by atoms with Gasteiger partial charge in [0.1, 0.15) is 0 Å². The molecule has 0 bridgehead atoms. The van der Waals surface area contributed by atoms with Gasteiger partial charge in [0.25, 0.3) is 0 Å². The number of thiophene rings is 1. The summed E-state index contributed by atoms with van der Waals surface area (Å²) in [5.74, 6) is 0. The lowest BCUT2D eigenvalue weighted by Gasteiger charge is -2.28. The van der Waals surface area contributed by atoms with Crippen LogP contribution in [0, 0.1) is 0 Å². The molecule has 0 saturated heterocycles. The number of nitrogens with zero attached hydrogens (tertiary/aromatic N) is 1. The highest BCUT2D eigenvalue weighted by Crippen LogP contribution is 2.42. The summed E-state index contributed by atoms with van der Waals surface area (Å²) >= 11 is 1.87. The van der Waals surface area contributed by atoms with Crippen molar-refractivity contribution in [3.05, 3.63) is 230 Å². The van der Waals surface area contributed by atoms with E-state index >= 15 is 0 Å². The second-order valence-electron chi connectivity index (χ2n) is 14.2. The minimum absolute atomic E-state index is 0.0550. The first-order chi connectivity index (χ1) is 27.7. The van der Waals surface area contributed by atoms with Crippen LogP contribution in [0.3, 0.4) is 0 Å². The maximum absolute atomic E-state index is 3.69. The van der Waals surface area contributed by atoms with Gasteiger partial charge in [0.15, 0.2) is 0 Å². The Labute approximate surface area is 331 Å². The fourth-order valence-electron chi connectivity index (χ4n) is 7.92. The molecule has 1 unspecified atom stereocenters. The number of nitrogens with one attached hydrogen (secondary N) is 1. The minimum atomic E-state index is -0.0550. The zero-order chi connectivity index (χ0) is 37.3. The van der Waals surface area contributed by atoms with E-state index in [1.807, 2.05) is 17.5 Å². The molecule has 0 amide bonds. The van der Waals surface area contributed by atoms with Crippen molar-refractivity contribution < 1.29 is 0 Å². The van der Waals surface area contributed by atoms with E-state index in [0.29, 0.717) is 0 Å². The molecule has 0 fully saturated rings. The molecule has 0 spiro atoms. The first-order valence-electron chi connectivity index (χ1n) is 19.1. The first kappa shape index (κ1) is 33.6. The lowest BCUT2D eigenvalue weighted by Crippen LogP contribution is -2.15. The Hall–Kier alpha value is -6.94. The van der Waals surface area contributed by atoms with E-state index in [9.17, 15) is 0 Å². The zero-order valence-corrected chi connectivity index (χ0v) is 31.5. The molecule has 1 aliphatic heterocycles. The molecule has 1 N–H and O–H groups in total. The highest BCUT2D eigenvalue weighted by Gasteiger charge is 2.19. The molecule has 0 saturated carbocycles. The quantitative estimate of drug-likeness (QED) is 0.183. The molecule has 9 aromatic rings. The standard InChI is InChI=1S/C53H38N2S/c1-2-13-31-54-50(34-42(17-4-1)44-26-30-48-49-33-41-19-9-10-20-43(41)35-53(49)56-52(48)36-44)39-24-27-45(28-25-39)55(46-29-23-37-14-7-8-18-40(37)32-46)51-22-12-11-21-47(51)38-15-5-3-6-16-38/h1-36,50,54H/b2-1-,17-4+,31-13+,42-34?. The van der Waals surface area contributed by atoms with Crippen LogP contribution in [-0.2, 0) is 0 Å². The molecule has 1 atom stereocenters. The number of anilines is 3. The summed E-state index contributed by atoms with van der Waals surface area (Å²) in [5, 5.41) is 11.3. The van der Waals surface area contributed by atoms with Gasteiger partial charge in [-0.05, 0) is 105 Å². The van der Waals surface area contributed by atoms with E-state index in [-0.39, 0.29) is 6.04 Å². The van der Waals surface area contributed by atoms with Gasteiger partial charge >= 0.3 is 0 Å². The van der Waals surface area contributed by atoms with Crippen molar-refractivity contribution in [2.24, 2.45) is 0 Å². The zero-order valence-electron chi connectivity index (χ0n) is 30.7. The minimum Gasteiger partial charge on any atom is -0.381 e. The number of hydrogen-bond donors (Lipinski definition) is 1. The number of fused-ring (bicyclic) bond motifs is 5. The fourth-order valence-corrected chi connectivity index (χ4v) is 9.09. The molecule has 8 aromatic carbocycles. The van der Waals surface area contributed by atoms with E-state index in [1.54, 1.807) is 0 Å². The second-order valence-corrected chi connectivity index (χ2v) is 15.3. The van der Waals surface area contributed by atoms with Crippen LogP contribution in [0.2, 0.25) is 0 Å². The largest absolute Gasteiger partial charge is 0.381 e.